The molecule has 0 aliphatic carbocycles. The SMILES string of the molecule is Cc1cc(-c2n[nH]c(=S)o2)c2ccccc2n1. The number of nitrogens with zero attached hydrogens (tertiary/aromatic N) is 2. The summed E-state index contributed by atoms with van der Waals surface area (Å²) < 4.78 is 5.35. The van der Waals surface area contributed by atoms with Crippen LogP contribution >= 0.6 is 12.2 Å². The Morgan fingerprint density at radius 2 is 2.12 bits per heavy atom. The fraction of sp³-hybridized carbons (Fsp3) is 0.0833. The Morgan fingerprint density at radius 3 is 2.88 bits per heavy atom. The van der Waals surface area contributed by atoms with Crippen molar-refractivity contribution in [2.75, 3.05) is 0 Å². The highest BCUT2D eigenvalue weighted by molar-refractivity contribution is 7.71. The van der Waals surface area contributed by atoms with Crippen LogP contribution in [0.5, 0.6) is 0 Å². The van der Waals surface area contributed by atoms with Crippen LogP contribution in [0.3, 0.4) is 0 Å². The van der Waals surface area contributed by atoms with Gasteiger partial charge in [-0.25, -0.2) is 5.10 Å². The number of hydrogen-bond acceptors (Lipinski definition) is 4. The molecule has 0 amide bonds. The molecule has 2 heterocycles. The maximum atomic E-state index is 5.35. The third-order valence-corrected chi connectivity index (χ3v) is 2.69. The van der Waals surface area contributed by atoms with Crippen molar-refractivity contribution in [1.82, 2.24) is 15.2 Å². The molecule has 0 aliphatic heterocycles. The second kappa shape index (κ2) is 3.78. The first-order valence-electron chi connectivity index (χ1n) is 5.16. The molecule has 2 aromatic heterocycles. The number of benzene rings is 1. The maximum absolute atomic E-state index is 5.35. The van der Waals surface area contributed by atoms with Gasteiger partial charge in [0.1, 0.15) is 0 Å². The Labute approximate surface area is 102 Å². The van der Waals surface area contributed by atoms with Gasteiger partial charge in [0, 0.05) is 16.6 Å². The maximum Gasteiger partial charge on any atom is 0.284 e. The first-order valence-corrected chi connectivity index (χ1v) is 5.57. The summed E-state index contributed by atoms with van der Waals surface area (Å²) in [4.78, 5) is 4.74. The monoisotopic (exact) mass is 243 g/mol. The van der Waals surface area contributed by atoms with Gasteiger partial charge in [-0.15, -0.1) is 5.10 Å². The number of H-pyrrole nitrogens is 1. The van der Waals surface area contributed by atoms with Crippen LogP contribution in [0.25, 0.3) is 22.4 Å². The summed E-state index contributed by atoms with van der Waals surface area (Å²) in [6, 6.07) is 9.82. The average molecular weight is 243 g/mol. The predicted octanol–water partition coefficient (Wildman–Crippen LogP) is 3.26. The topological polar surface area (TPSA) is 54.7 Å². The second-order valence-corrected chi connectivity index (χ2v) is 4.12. The summed E-state index contributed by atoms with van der Waals surface area (Å²) >= 11 is 4.89. The van der Waals surface area contributed by atoms with Crippen LogP contribution in [-0.2, 0) is 0 Å². The van der Waals surface area contributed by atoms with Crippen LogP contribution in [0.1, 0.15) is 5.69 Å². The summed E-state index contributed by atoms with van der Waals surface area (Å²) in [5.41, 5.74) is 2.75. The van der Waals surface area contributed by atoms with E-state index in [1.165, 1.54) is 0 Å². The standard InChI is InChI=1S/C12H9N3OS/c1-7-6-9(11-14-15-12(17)16-11)8-4-2-3-5-10(8)13-7/h2-6H,1H3,(H,15,17). The molecule has 3 rings (SSSR count). The van der Waals surface area contributed by atoms with E-state index in [1.807, 2.05) is 37.3 Å². The summed E-state index contributed by atoms with van der Waals surface area (Å²) in [6.45, 7) is 1.94. The highest BCUT2D eigenvalue weighted by atomic mass is 32.1. The van der Waals surface area contributed by atoms with Gasteiger partial charge in [0.05, 0.1) is 5.52 Å². The zero-order chi connectivity index (χ0) is 11.8. The molecular weight excluding hydrogens is 234 g/mol. The van der Waals surface area contributed by atoms with Gasteiger partial charge in [-0.1, -0.05) is 18.2 Å². The zero-order valence-corrected chi connectivity index (χ0v) is 9.91. The van der Waals surface area contributed by atoms with Crippen LogP contribution in [0.15, 0.2) is 34.7 Å². The molecule has 0 saturated heterocycles. The van der Waals surface area contributed by atoms with E-state index in [-0.39, 0.29) is 4.84 Å². The summed E-state index contributed by atoms with van der Waals surface area (Å²) in [7, 11) is 0. The summed E-state index contributed by atoms with van der Waals surface area (Å²) in [5, 5.41) is 7.69. The third-order valence-electron chi connectivity index (χ3n) is 2.51. The average Bonchev–Trinajstić information content (AvgIpc) is 2.74. The summed E-state index contributed by atoms with van der Waals surface area (Å²) in [5.74, 6) is 0.497. The Balaban J connectivity index is 2.39. The van der Waals surface area contributed by atoms with Crippen molar-refractivity contribution >= 4 is 23.1 Å². The first-order chi connectivity index (χ1) is 8.24. The highest BCUT2D eigenvalue weighted by Gasteiger charge is 2.10. The number of rotatable bonds is 1. The van der Waals surface area contributed by atoms with Gasteiger partial charge in [-0.05, 0) is 31.3 Å². The van der Waals surface area contributed by atoms with E-state index in [0.717, 1.165) is 22.2 Å². The van der Waals surface area contributed by atoms with Crippen molar-refractivity contribution in [3.8, 4) is 11.5 Å². The van der Waals surface area contributed by atoms with Gasteiger partial charge in [0.25, 0.3) is 4.84 Å². The minimum Gasteiger partial charge on any atom is -0.409 e. The molecule has 0 atom stereocenters. The zero-order valence-electron chi connectivity index (χ0n) is 9.10. The van der Waals surface area contributed by atoms with Crippen LogP contribution in [0.4, 0.5) is 0 Å². The van der Waals surface area contributed by atoms with Crippen molar-refractivity contribution in [1.29, 1.82) is 0 Å². The van der Waals surface area contributed by atoms with E-state index in [2.05, 4.69) is 15.2 Å². The minimum absolute atomic E-state index is 0.276. The first kappa shape index (κ1) is 10.2. The van der Waals surface area contributed by atoms with Crippen molar-refractivity contribution in [3.63, 3.8) is 0 Å². The Kier molecular flexibility index (Phi) is 2.26. The number of nitrogens with one attached hydrogen (secondary N) is 1. The van der Waals surface area contributed by atoms with Crippen molar-refractivity contribution in [2.24, 2.45) is 0 Å². The van der Waals surface area contributed by atoms with E-state index >= 15 is 0 Å². The molecule has 3 aromatic rings. The lowest BCUT2D eigenvalue weighted by atomic mass is 10.1. The predicted molar refractivity (Wildman–Crippen MR) is 67.2 cm³/mol. The number of aromatic nitrogens is 3. The third kappa shape index (κ3) is 1.74. The van der Waals surface area contributed by atoms with Gasteiger partial charge >= 0.3 is 0 Å². The number of pyridine rings is 1. The van der Waals surface area contributed by atoms with Crippen LogP contribution in [0, 0.1) is 11.8 Å². The number of aryl methyl sites for hydroxylation is 1. The van der Waals surface area contributed by atoms with Crippen LogP contribution < -0.4 is 0 Å². The number of fused-ring (bicyclic) bond motifs is 1. The fourth-order valence-corrected chi connectivity index (χ4v) is 1.95. The molecule has 17 heavy (non-hydrogen) atoms. The Hall–Kier alpha value is -2.01. The molecule has 84 valence electrons. The van der Waals surface area contributed by atoms with Crippen LogP contribution in [0.2, 0.25) is 0 Å². The number of hydrogen-bond donors (Lipinski definition) is 1. The van der Waals surface area contributed by atoms with Gasteiger partial charge in [0.15, 0.2) is 0 Å². The molecule has 0 spiro atoms. The fourth-order valence-electron chi connectivity index (χ4n) is 1.83. The Bertz CT molecular complexity index is 745. The van der Waals surface area contributed by atoms with Gasteiger partial charge in [0.2, 0.25) is 5.89 Å². The van der Waals surface area contributed by atoms with Crippen molar-refractivity contribution in [3.05, 3.63) is 40.9 Å². The molecule has 5 heteroatoms. The molecule has 0 radical (unpaired) electrons. The number of aromatic amines is 1. The van der Waals surface area contributed by atoms with E-state index in [9.17, 15) is 0 Å². The lowest BCUT2D eigenvalue weighted by Gasteiger charge is -2.03. The molecule has 1 aromatic carbocycles. The van der Waals surface area contributed by atoms with Gasteiger partial charge < -0.3 is 4.42 Å². The summed E-state index contributed by atoms with van der Waals surface area (Å²) in [6.07, 6.45) is 0. The van der Waals surface area contributed by atoms with Gasteiger partial charge in [-0.2, -0.15) is 0 Å². The normalized spacial score (nSPS) is 10.9. The van der Waals surface area contributed by atoms with Crippen LogP contribution in [-0.4, -0.2) is 15.2 Å². The lowest BCUT2D eigenvalue weighted by molar-refractivity contribution is 0.552. The molecule has 0 unspecified atom stereocenters. The quantitative estimate of drug-likeness (QED) is 0.666. The molecule has 0 saturated carbocycles. The molecule has 0 aliphatic rings. The van der Waals surface area contributed by atoms with E-state index in [1.54, 1.807) is 0 Å². The lowest BCUT2D eigenvalue weighted by Crippen LogP contribution is -1.88. The molecule has 0 fully saturated rings. The smallest absolute Gasteiger partial charge is 0.284 e. The van der Waals surface area contributed by atoms with E-state index < -0.39 is 0 Å². The van der Waals surface area contributed by atoms with Crippen molar-refractivity contribution in [2.45, 2.75) is 6.92 Å². The molecular formula is C12H9N3OS. The molecule has 0 bridgehead atoms. The minimum atomic E-state index is 0.276. The Morgan fingerprint density at radius 1 is 1.29 bits per heavy atom. The molecule has 4 nitrogen and oxygen atoms in total. The second-order valence-electron chi connectivity index (χ2n) is 3.75. The van der Waals surface area contributed by atoms with Gasteiger partial charge in [-0.3, -0.25) is 4.98 Å². The highest BCUT2D eigenvalue weighted by Crippen LogP contribution is 2.26. The van der Waals surface area contributed by atoms with E-state index in [4.69, 9.17) is 16.6 Å². The molecule has 1 N–H and O–H groups in total. The number of para-hydroxylation sites is 1. The van der Waals surface area contributed by atoms with Crippen molar-refractivity contribution < 1.29 is 4.42 Å². The largest absolute Gasteiger partial charge is 0.409 e. The van der Waals surface area contributed by atoms with E-state index in [0.29, 0.717) is 5.89 Å².